The second-order valence-corrected chi connectivity index (χ2v) is 5.04. The molecule has 0 radical (unpaired) electrons. The number of carbonyl (C=O) groups is 1. The van der Waals surface area contributed by atoms with Crippen LogP contribution in [0, 0.1) is 0 Å². The quantitative estimate of drug-likeness (QED) is 0.875. The summed E-state index contributed by atoms with van der Waals surface area (Å²) in [6.45, 7) is 5.41. The summed E-state index contributed by atoms with van der Waals surface area (Å²) in [6, 6.07) is 3.78. The molecule has 0 saturated carbocycles. The summed E-state index contributed by atoms with van der Waals surface area (Å²) in [5.41, 5.74) is 1.82. The van der Waals surface area contributed by atoms with Crippen molar-refractivity contribution in [1.29, 1.82) is 0 Å². The van der Waals surface area contributed by atoms with E-state index in [1.54, 1.807) is 18.0 Å². The van der Waals surface area contributed by atoms with Crippen molar-refractivity contribution in [2.45, 2.75) is 26.9 Å². The molecule has 0 aromatic carbocycles. The second kappa shape index (κ2) is 7.06. The van der Waals surface area contributed by atoms with E-state index in [0.717, 1.165) is 16.5 Å². The van der Waals surface area contributed by atoms with Gasteiger partial charge in [0.05, 0.1) is 11.4 Å². The molecule has 2 aromatic heterocycles. The third-order valence-corrected chi connectivity index (χ3v) is 3.62. The van der Waals surface area contributed by atoms with Crippen LogP contribution in [-0.2, 0) is 17.9 Å². The van der Waals surface area contributed by atoms with Crippen molar-refractivity contribution < 1.29 is 4.79 Å². The maximum absolute atomic E-state index is 11.4. The highest BCUT2D eigenvalue weighted by atomic mass is 32.1. The molecule has 2 heterocycles. The third kappa shape index (κ3) is 3.82. The molecule has 1 amide bonds. The van der Waals surface area contributed by atoms with E-state index in [2.05, 4.69) is 20.5 Å². The fourth-order valence-electron chi connectivity index (χ4n) is 1.74. The minimum atomic E-state index is 0.0147. The van der Waals surface area contributed by atoms with Crippen LogP contribution in [0.2, 0.25) is 0 Å². The van der Waals surface area contributed by atoms with Crippen LogP contribution >= 0.6 is 11.3 Å². The molecule has 2 aromatic rings. The zero-order valence-electron chi connectivity index (χ0n) is 11.5. The van der Waals surface area contributed by atoms with E-state index in [1.807, 2.05) is 24.4 Å². The van der Waals surface area contributed by atoms with Gasteiger partial charge in [-0.1, -0.05) is 0 Å². The SMILES string of the molecule is CCN(C(C)=O)c1nc(CNCc2cccnn2)cs1. The van der Waals surface area contributed by atoms with Gasteiger partial charge >= 0.3 is 0 Å². The molecule has 106 valence electrons. The summed E-state index contributed by atoms with van der Waals surface area (Å²) >= 11 is 1.48. The standard InChI is InChI=1S/C13H17N5OS/c1-3-18(10(2)19)13-16-12(9-20-13)8-14-7-11-5-4-6-15-17-11/h4-6,9,14H,3,7-8H2,1-2H3. The largest absolute Gasteiger partial charge is 0.305 e. The summed E-state index contributed by atoms with van der Waals surface area (Å²) in [7, 11) is 0. The summed E-state index contributed by atoms with van der Waals surface area (Å²) in [6.07, 6.45) is 1.65. The minimum absolute atomic E-state index is 0.0147. The Bertz CT molecular complexity index is 557. The van der Waals surface area contributed by atoms with E-state index >= 15 is 0 Å². The predicted molar refractivity (Wildman–Crippen MR) is 78.4 cm³/mol. The van der Waals surface area contributed by atoms with Crippen LogP contribution in [0.1, 0.15) is 25.2 Å². The van der Waals surface area contributed by atoms with Crippen LogP contribution in [0.25, 0.3) is 0 Å². The van der Waals surface area contributed by atoms with Crippen LogP contribution < -0.4 is 10.2 Å². The first kappa shape index (κ1) is 14.5. The number of carbonyl (C=O) groups excluding carboxylic acids is 1. The molecular weight excluding hydrogens is 274 g/mol. The van der Waals surface area contributed by atoms with Crippen LogP contribution in [0.3, 0.4) is 0 Å². The van der Waals surface area contributed by atoms with E-state index < -0.39 is 0 Å². The van der Waals surface area contributed by atoms with E-state index in [0.29, 0.717) is 19.6 Å². The number of nitrogens with zero attached hydrogens (tertiary/aromatic N) is 4. The van der Waals surface area contributed by atoms with E-state index in [9.17, 15) is 4.79 Å². The van der Waals surface area contributed by atoms with E-state index in [1.165, 1.54) is 11.3 Å². The van der Waals surface area contributed by atoms with Crippen molar-refractivity contribution in [2.24, 2.45) is 0 Å². The fourth-order valence-corrected chi connectivity index (χ4v) is 2.67. The van der Waals surface area contributed by atoms with Gasteiger partial charge < -0.3 is 5.32 Å². The summed E-state index contributed by atoms with van der Waals surface area (Å²) in [5.74, 6) is 0.0147. The van der Waals surface area contributed by atoms with Gasteiger partial charge in [0, 0.05) is 38.1 Å². The summed E-state index contributed by atoms with van der Waals surface area (Å²) in [4.78, 5) is 17.6. The van der Waals surface area contributed by atoms with Crippen molar-refractivity contribution in [3.05, 3.63) is 35.1 Å². The number of aromatic nitrogens is 3. The average molecular weight is 291 g/mol. The predicted octanol–water partition coefficient (Wildman–Crippen LogP) is 1.60. The highest BCUT2D eigenvalue weighted by Crippen LogP contribution is 2.20. The van der Waals surface area contributed by atoms with Crippen LogP contribution in [-0.4, -0.2) is 27.6 Å². The van der Waals surface area contributed by atoms with Gasteiger partial charge in [0.25, 0.3) is 0 Å². The highest BCUT2D eigenvalue weighted by molar-refractivity contribution is 7.14. The molecule has 6 nitrogen and oxygen atoms in total. The first-order valence-electron chi connectivity index (χ1n) is 6.40. The van der Waals surface area contributed by atoms with Crippen molar-refractivity contribution >= 4 is 22.4 Å². The molecule has 2 rings (SSSR count). The number of thiazole rings is 1. The third-order valence-electron chi connectivity index (χ3n) is 2.71. The normalized spacial score (nSPS) is 10.5. The number of amides is 1. The zero-order valence-corrected chi connectivity index (χ0v) is 12.4. The van der Waals surface area contributed by atoms with Crippen molar-refractivity contribution in [1.82, 2.24) is 20.5 Å². The molecule has 0 spiro atoms. The van der Waals surface area contributed by atoms with Crippen molar-refractivity contribution in [3.63, 3.8) is 0 Å². The Morgan fingerprint density at radius 3 is 2.85 bits per heavy atom. The van der Waals surface area contributed by atoms with E-state index in [-0.39, 0.29) is 5.91 Å². The molecule has 0 bridgehead atoms. The Labute approximate surface area is 121 Å². The topological polar surface area (TPSA) is 71.0 Å². The maximum Gasteiger partial charge on any atom is 0.225 e. The molecule has 0 aliphatic carbocycles. The van der Waals surface area contributed by atoms with Crippen molar-refractivity contribution in [3.8, 4) is 0 Å². The first-order chi connectivity index (χ1) is 9.70. The van der Waals surface area contributed by atoms with Gasteiger partial charge in [-0.25, -0.2) is 4.98 Å². The smallest absolute Gasteiger partial charge is 0.225 e. The van der Waals surface area contributed by atoms with Crippen molar-refractivity contribution in [2.75, 3.05) is 11.4 Å². The molecule has 1 N–H and O–H groups in total. The molecule has 0 unspecified atom stereocenters. The molecule has 0 fully saturated rings. The lowest BCUT2D eigenvalue weighted by molar-refractivity contribution is -0.116. The van der Waals surface area contributed by atoms with Crippen LogP contribution in [0.5, 0.6) is 0 Å². The lowest BCUT2D eigenvalue weighted by Crippen LogP contribution is -2.27. The number of nitrogens with one attached hydrogen (secondary N) is 1. The Hall–Kier alpha value is -1.86. The van der Waals surface area contributed by atoms with Gasteiger partial charge in [-0.15, -0.1) is 11.3 Å². The molecule has 0 aliphatic rings. The second-order valence-electron chi connectivity index (χ2n) is 4.20. The average Bonchev–Trinajstić information content (AvgIpc) is 2.89. The lowest BCUT2D eigenvalue weighted by atomic mass is 10.4. The molecule has 0 aliphatic heterocycles. The Balaban J connectivity index is 1.88. The number of hydrogen-bond acceptors (Lipinski definition) is 6. The van der Waals surface area contributed by atoms with Gasteiger partial charge in [0.2, 0.25) is 5.91 Å². The zero-order chi connectivity index (χ0) is 14.4. The lowest BCUT2D eigenvalue weighted by Gasteiger charge is -2.14. The molecule has 0 saturated heterocycles. The number of rotatable bonds is 6. The van der Waals surface area contributed by atoms with Crippen LogP contribution in [0.15, 0.2) is 23.7 Å². The number of hydrogen-bond donors (Lipinski definition) is 1. The van der Waals surface area contributed by atoms with Crippen LogP contribution in [0.4, 0.5) is 5.13 Å². The van der Waals surface area contributed by atoms with E-state index in [4.69, 9.17) is 0 Å². The summed E-state index contributed by atoms with van der Waals surface area (Å²) in [5, 5.41) is 13.8. The molecule has 0 atom stereocenters. The molecule has 7 heteroatoms. The Morgan fingerprint density at radius 1 is 1.40 bits per heavy atom. The molecular formula is C13H17N5OS. The minimum Gasteiger partial charge on any atom is -0.305 e. The monoisotopic (exact) mass is 291 g/mol. The van der Waals surface area contributed by atoms with Gasteiger partial charge in [-0.05, 0) is 19.1 Å². The van der Waals surface area contributed by atoms with Gasteiger partial charge in [0.1, 0.15) is 0 Å². The molecule has 20 heavy (non-hydrogen) atoms. The number of anilines is 1. The Kier molecular flexibility index (Phi) is 5.14. The summed E-state index contributed by atoms with van der Waals surface area (Å²) < 4.78 is 0. The Morgan fingerprint density at radius 2 is 2.20 bits per heavy atom. The first-order valence-corrected chi connectivity index (χ1v) is 7.28. The van der Waals surface area contributed by atoms with Gasteiger partial charge in [-0.2, -0.15) is 10.2 Å². The maximum atomic E-state index is 11.4. The highest BCUT2D eigenvalue weighted by Gasteiger charge is 2.13. The van der Waals surface area contributed by atoms with Gasteiger partial charge in [-0.3, -0.25) is 9.69 Å². The fraction of sp³-hybridized carbons (Fsp3) is 0.385. The van der Waals surface area contributed by atoms with Gasteiger partial charge in [0.15, 0.2) is 5.13 Å².